The fraction of sp³-hybridized carbons (Fsp3) is 0.0833. The fourth-order valence-electron chi connectivity index (χ4n) is 1.29. The molecule has 1 heterocycles. The third-order valence-electron chi connectivity index (χ3n) is 2.09. The monoisotopic (exact) mass is 248 g/mol. The highest BCUT2D eigenvalue weighted by molar-refractivity contribution is 7.99. The molecule has 3 nitrogen and oxygen atoms in total. The highest BCUT2D eigenvalue weighted by Gasteiger charge is 2.11. The third kappa shape index (κ3) is 2.68. The maximum Gasteiger partial charge on any atom is 0.192 e. The van der Waals surface area contributed by atoms with E-state index in [1.807, 2.05) is 6.92 Å². The van der Waals surface area contributed by atoms with Crippen LogP contribution in [0.25, 0.3) is 0 Å². The van der Waals surface area contributed by atoms with E-state index in [2.05, 4.69) is 9.97 Å². The second kappa shape index (κ2) is 5.05. The molecule has 0 spiro atoms. The zero-order valence-electron chi connectivity index (χ0n) is 9.05. The van der Waals surface area contributed by atoms with Crippen molar-refractivity contribution in [1.29, 1.82) is 0 Å². The number of benzene rings is 1. The van der Waals surface area contributed by atoms with Crippen LogP contribution < -0.4 is 0 Å². The fourth-order valence-corrected chi connectivity index (χ4v) is 2.18. The first-order valence-corrected chi connectivity index (χ1v) is 5.73. The van der Waals surface area contributed by atoms with E-state index in [9.17, 15) is 9.18 Å². The molecule has 0 aliphatic carbocycles. The van der Waals surface area contributed by atoms with Gasteiger partial charge in [-0.15, -0.1) is 0 Å². The average molecular weight is 248 g/mol. The second-order valence-corrected chi connectivity index (χ2v) is 4.34. The topological polar surface area (TPSA) is 42.9 Å². The number of aromatic nitrogens is 2. The number of halogens is 1. The summed E-state index contributed by atoms with van der Waals surface area (Å²) in [6.07, 6.45) is 2.23. The SMILES string of the molecule is Cc1ccnc(Sc2c(F)cccc2C=O)n1. The van der Waals surface area contributed by atoms with Crippen LogP contribution in [0.1, 0.15) is 16.1 Å². The summed E-state index contributed by atoms with van der Waals surface area (Å²) in [5.41, 5.74) is 1.10. The minimum absolute atomic E-state index is 0.258. The molecule has 2 rings (SSSR count). The summed E-state index contributed by atoms with van der Waals surface area (Å²) in [4.78, 5) is 19.2. The lowest BCUT2D eigenvalue weighted by Gasteiger charge is -2.04. The van der Waals surface area contributed by atoms with Crippen LogP contribution in [0.3, 0.4) is 0 Å². The van der Waals surface area contributed by atoms with Crippen molar-refractivity contribution in [2.75, 3.05) is 0 Å². The minimum atomic E-state index is -0.440. The second-order valence-electron chi connectivity index (χ2n) is 3.36. The van der Waals surface area contributed by atoms with E-state index in [4.69, 9.17) is 0 Å². The third-order valence-corrected chi connectivity index (χ3v) is 3.10. The van der Waals surface area contributed by atoms with E-state index in [-0.39, 0.29) is 4.90 Å². The van der Waals surface area contributed by atoms with Gasteiger partial charge in [0, 0.05) is 17.5 Å². The Bertz CT molecular complexity index is 560. The largest absolute Gasteiger partial charge is 0.298 e. The quantitative estimate of drug-likeness (QED) is 0.618. The average Bonchev–Trinajstić information content (AvgIpc) is 2.32. The molecule has 0 saturated heterocycles. The zero-order chi connectivity index (χ0) is 12.3. The van der Waals surface area contributed by atoms with Crippen LogP contribution in [0, 0.1) is 12.7 Å². The maximum absolute atomic E-state index is 13.6. The summed E-state index contributed by atoms with van der Waals surface area (Å²) in [6.45, 7) is 1.83. The molecule has 5 heteroatoms. The van der Waals surface area contributed by atoms with Gasteiger partial charge in [0.05, 0.1) is 4.90 Å². The lowest BCUT2D eigenvalue weighted by Crippen LogP contribution is -1.93. The minimum Gasteiger partial charge on any atom is -0.298 e. The lowest BCUT2D eigenvalue weighted by atomic mass is 10.2. The van der Waals surface area contributed by atoms with Gasteiger partial charge in [-0.2, -0.15) is 0 Å². The van der Waals surface area contributed by atoms with E-state index < -0.39 is 5.82 Å². The van der Waals surface area contributed by atoms with Crippen LogP contribution >= 0.6 is 11.8 Å². The first kappa shape index (κ1) is 11.7. The van der Waals surface area contributed by atoms with Gasteiger partial charge in [-0.3, -0.25) is 4.79 Å². The van der Waals surface area contributed by atoms with Crippen LogP contribution in [-0.4, -0.2) is 16.3 Å². The highest BCUT2D eigenvalue weighted by atomic mass is 32.2. The molecule has 0 saturated carbocycles. The van der Waals surface area contributed by atoms with Crippen LogP contribution in [0.15, 0.2) is 40.5 Å². The summed E-state index contributed by atoms with van der Waals surface area (Å²) in [7, 11) is 0. The van der Waals surface area contributed by atoms with Gasteiger partial charge in [-0.1, -0.05) is 12.1 Å². The zero-order valence-corrected chi connectivity index (χ0v) is 9.87. The Morgan fingerprint density at radius 2 is 2.18 bits per heavy atom. The Hall–Kier alpha value is -1.75. The van der Waals surface area contributed by atoms with E-state index >= 15 is 0 Å². The molecule has 0 N–H and O–H groups in total. The van der Waals surface area contributed by atoms with Gasteiger partial charge < -0.3 is 0 Å². The summed E-state index contributed by atoms with van der Waals surface area (Å²) < 4.78 is 13.6. The van der Waals surface area contributed by atoms with Crippen LogP contribution in [0.2, 0.25) is 0 Å². The molecule has 0 bridgehead atoms. The van der Waals surface area contributed by atoms with E-state index in [1.54, 1.807) is 18.3 Å². The first-order chi connectivity index (χ1) is 8.20. The number of aldehydes is 1. The summed E-state index contributed by atoms with van der Waals surface area (Å²) >= 11 is 1.05. The van der Waals surface area contributed by atoms with Crippen molar-refractivity contribution in [1.82, 2.24) is 9.97 Å². The van der Waals surface area contributed by atoms with Crippen LogP contribution in [0.4, 0.5) is 4.39 Å². The normalized spacial score (nSPS) is 10.2. The summed E-state index contributed by atoms with van der Waals surface area (Å²) in [5, 5.41) is 0.429. The molecule has 2 aromatic rings. The van der Waals surface area contributed by atoms with Gasteiger partial charge >= 0.3 is 0 Å². The van der Waals surface area contributed by atoms with Crippen molar-refractivity contribution in [3.63, 3.8) is 0 Å². The van der Waals surface area contributed by atoms with Crippen molar-refractivity contribution in [3.8, 4) is 0 Å². The number of aryl methyl sites for hydroxylation is 1. The Labute approximate surface area is 102 Å². The molecular formula is C12H9FN2OS. The highest BCUT2D eigenvalue weighted by Crippen LogP contribution is 2.29. The standard InChI is InChI=1S/C12H9FN2OS/c1-8-5-6-14-12(15-8)17-11-9(7-16)3-2-4-10(11)13/h2-7H,1H3. The molecule has 0 atom stereocenters. The van der Waals surface area contributed by atoms with Gasteiger partial charge in [0.1, 0.15) is 5.82 Å². The van der Waals surface area contributed by atoms with Gasteiger partial charge in [0.2, 0.25) is 0 Å². The Morgan fingerprint density at radius 3 is 2.88 bits per heavy atom. The van der Waals surface area contributed by atoms with Gasteiger partial charge in [0.15, 0.2) is 11.4 Å². The van der Waals surface area contributed by atoms with Gasteiger partial charge in [0.25, 0.3) is 0 Å². The van der Waals surface area contributed by atoms with Crippen molar-refractivity contribution in [2.24, 2.45) is 0 Å². The molecule has 0 aliphatic rings. The molecule has 17 heavy (non-hydrogen) atoms. The predicted octanol–water partition coefficient (Wildman–Crippen LogP) is 2.89. The molecule has 0 fully saturated rings. The maximum atomic E-state index is 13.6. The van der Waals surface area contributed by atoms with Crippen LogP contribution in [-0.2, 0) is 0 Å². The van der Waals surface area contributed by atoms with Crippen molar-refractivity contribution >= 4 is 18.0 Å². The molecule has 1 aromatic heterocycles. The number of nitrogens with zero attached hydrogens (tertiary/aromatic N) is 2. The predicted molar refractivity (Wildman–Crippen MR) is 62.7 cm³/mol. The molecule has 0 amide bonds. The van der Waals surface area contributed by atoms with Crippen molar-refractivity contribution in [2.45, 2.75) is 17.0 Å². The lowest BCUT2D eigenvalue weighted by molar-refractivity contribution is 0.112. The molecule has 86 valence electrons. The molecular weight excluding hydrogens is 239 g/mol. The van der Waals surface area contributed by atoms with Gasteiger partial charge in [-0.25, -0.2) is 14.4 Å². The first-order valence-electron chi connectivity index (χ1n) is 4.92. The Kier molecular flexibility index (Phi) is 3.49. The number of carbonyl (C=O) groups excluding carboxylic acids is 1. The Morgan fingerprint density at radius 1 is 1.35 bits per heavy atom. The van der Waals surface area contributed by atoms with Gasteiger partial charge in [-0.05, 0) is 30.8 Å². The molecule has 1 aromatic carbocycles. The number of hydrogen-bond acceptors (Lipinski definition) is 4. The molecule has 0 aliphatic heterocycles. The number of rotatable bonds is 3. The number of carbonyl (C=O) groups is 1. The van der Waals surface area contributed by atoms with E-state index in [1.165, 1.54) is 12.1 Å². The van der Waals surface area contributed by atoms with E-state index in [0.29, 0.717) is 17.0 Å². The molecule has 0 radical (unpaired) electrons. The van der Waals surface area contributed by atoms with Crippen LogP contribution in [0.5, 0.6) is 0 Å². The van der Waals surface area contributed by atoms with Crippen molar-refractivity contribution in [3.05, 3.63) is 47.5 Å². The Balaban J connectivity index is 2.39. The molecule has 0 unspecified atom stereocenters. The summed E-state index contributed by atoms with van der Waals surface area (Å²) in [6, 6.07) is 6.13. The van der Waals surface area contributed by atoms with Crippen molar-refractivity contribution < 1.29 is 9.18 Å². The number of hydrogen-bond donors (Lipinski definition) is 0. The van der Waals surface area contributed by atoms with E-state index in [0.717, 1.165) is 17.5 Å². The smallest absolute Gasteiger partial charge is 0.192 e. The summed E-state index contributed by atoms with van der Waals surface area (Å²) in [5.74, 6) is -0.440.